The number of methoxy groups -OCH3 is 3. The van der Waals surface area contributed by atoms with Gasteiger partial charge in [-0.1, -0.05) is 6.07 Å². The van der Waals surface area contributed by atoms with Crippen LogP contribution in [0.2, 0.25) is 0 Å². The molecular weight excluding hydrogens is 652 g/mol. The van der Waals surface area contributed by atoms with Crippen molar-refractivity contribution < 1.29 is 73.7 Å². The van der Waals surface area contributed by atoms with Crippen molar-refractivity contribution in [2.24, 2.45) is 0 Å². The van der Waals surface area contributed by atoms with Crippen molar-refractivity contribution >= 4 is 11.0 Å². The molecule has 49 heavy (non-hydrogen) atoms. The molecule has 1 aromatic heterocycles. The van der Waals surface area contributed by atoms with Crippen molar-refractivity contribution in [1.29, 1.82) is 0 Å². The fourth-order valence-corrected chi connectivity index (χ4v) is 5.28. The number of benzene rings is 3. The summed E-state index contributed by atoms with van der Waals surface area (Å²) in [5.41, 5.74) is -0.228. The molecule has 264 valence electrons. The molecule has 0 unspecified atom stereocenters. The van der Waals surface area contributed by atoms with Crippen molar-refractivity contribution in [2.45, 2.75) is 42.9 Å². The van der Waals surface area contributed by atoms with E-state index >= 15 is 0 Å². The Morgan fingerprint density at radius 3 is 2.12 bits per heavy atom. The van der Waals surface area contributed by atoms with Crippen molar-refractivity contribution in [3.8, 4) is 51.6 Å². The topological polar surface area (TPSA) is 247 Å². The molecule has 5 rings (SSSR count). The second-order valence-corrected chi connectivity index (χ2v) is 11.1. The zero-order valence-electron chi connectivity index (χ0n) is 26.4. The van der Waals surface area contributed by atoms with Gasteiger partial charge in [0.15, 0.2) is 28.4 Å². The fourth-order valence-electron chi connectivity index (χ4n) is 5.28. The zero-order chi connectivity index (χ0) is 35.6. The van der Waals surface area contributed by atoms with Gasteiger partial charge in [-0.05, 0) is 29.8 Å². The van der Waals surface area contributed by atoms with Gasteiger partial charge in [-0.3, -0.25) is 4.79 Å². The van der Waals surface area contributed by atoms with Gasteiger partial charge in [0.05, 0.1) is 27.9 Å². The first kappa shape index (κ1) is 35.5. The minimum Gasteiger partial charge on any atom is -0.507 e. The molecule has 0 bridgehead atoms. The lowest BCUT2D eigenvalue weighted by atomic mass is 9.99. The number of hydrogen-bond acceptors (Lipinski definition) is 16. The third-order valence-electron chi connectivity index (χ3n) is 7.94. The van der Waals surface area contributed by atoms with Crippen LogP contribution < -0.4 is 29.1 Å². The molecule has 1 saturated heterocycles. The van der Waals surface area contributed by atoms with Gasteiger partial charge in [0, 0.05) is 23.8 Å². The molecule has 1 fully saturated rings. The number of aliphatic hydroxyl groups excluding tert-OH is 6. The highest BCUT2D eigenvalue weighted by atomic mass is 16.7. The Balaban J connectivity index is 1.42. The van der Waals surface area contributed by atoms with Crippen LogP contribution in [0, 0.1) is 0 Å². The van der Waals surface area contributed by atoms with Gasteiger partial charge in [-0.25, -0.2) is 0 Å². The summed E-state index contributed by atoms with van der Waals surface area (Å²) in [5, 5.41) is 81.6. The lowest BCUT2D eigenvalue weighted by Crippen LogP contribution is -2.60. The molecule has 2 heterocycles. The number of aliphatic hydroxyl groups is 6. The molecule has 1 aliphatic rings. The normalized spacial score (nSPS) is 21.9. The lowest BCUT2D eigenvalue weighted by Gasteiger charge is -2.39. The second kappa shape index (κ2) is 14.8. The predicted molar refractivity (Wildman–Crippen MR) is 168 cm³/mol. The molecule has 7 atom stereocenters. The Bertz CT molecular complexity index is 1810. The maximum Gasteiger partial charge on any atom is 0.229 e. The van der Waals surface area contributed by atoms with Crippen LogP contribution in [-0.4, -0.2) is 112 Å². The molecule has 8 N–H and O–H groups in total. The van der Waals surface area contributed by atoms with E-state index in [1.807, 2.05) is 0 Å². The highest BCUT2D eigenvalue weighted by Gasteiger charge is 2.44. The van der Waals surface area contributed by atoms with E-state index in [9.17, 15) is 45.6 Å². The van der Waals surface area contributed by atoms with E-state index in [1.165, 1.54) is 57.7 Å². The summed E-state index contributed by atoms with van der Waals surface area (Å²) < 4.78 is 38.8. The molecule has 0 amide bonds. The van der Waals surface area contributed by atoms with E-state index in [0.717, 1.165) is 12.1 Å². The van der Waals surface area contributed by atoms with E-state index < -0.39 is 67.3 Å². The number of aromatic hydroxyl groups is 2. The molecule has 3 aromatic carbocycles. The van der Waals surface area contributed by atoms with Crippen LogP contribution in [-0.2, 0) is 4.74 Å². The van der Waals surface area contributed by atoms with Crippen LogP contribution in [0.1, 0.15) is 11.7 Å². The third kappa shape index (κ3) is 7.16. The van der Waals surface area contributed by atoms with Crippen LogP contribution in [0.4, 0.5) is 0 Å². The Morgan fingerprint density at radius 2 is 1.49 bits per heavy atom. The third-order valence-corrected chi connectivity index (χ3v) is 7.94. The summed E-state index contributed by atoms with van der Waals surface area (Å²) >= 11 is 0. The highest BCUT2D eigenvalue weighted by molar-refractivity contribution is 5.86. The lowest BCUT2D eigenvalue weighted by molar-refractivity contribution is -0.277. The van der Waals surface area contributed by atoms with Crippen LogP contribution in [0.5, 0.6) is 40.2 Å². The summed E-state index contributed by atoms with van der Waals surface area (Å²) in [5.74, 6) is -0.430. The van der Waals surface area contributed by atoms with Gasteiger partial charge >= 0.3 is 0 Å². The molecule has 4 aromatic rings. The SMILES string of the molecule is COc1cc([C@H](O)[C@H](O)COc2c(OC)cc(-c3cc(=O)c4c(O)cc(O[C@@H]5O[C@H](CO)[C@@H](O)[C@H](O)[C@H]5O)cc4o3)cc2OC)ccc1O. The van der Waals surface area contributed by atoms with E-state index in [-0.39, 0.29) is 62.4 Å². The smallest absolute Gasteiger partial charge is 0.229 e. The summed E-state index contributed by atoms with van der Waals surface area (Å²) in [7, 11) is 4.03. The van der Waals surface area contributed by atoms with Gasteiger partial charge in [-0.15, -0.1) is 0 Å². The van der Waals surface area contributed by atoms with Gasteiger partial charge in [-0.2, -0.15) is 0 Å². The minimum absolute atomic E-state index is 0.00164. The zero-order valence-corrected chi connectivity index (χ0v) is 26.4. The van der Waals surface area contributed by atoms with Crippen LogP contribution >= 0.6 is 0 Å². The highest BCUT2D eigenvalue weighted by Crippen LogP contribution is 2.43. The molecule has 16 nitrogen and oxygen atoms in total. The molecule has 0 aliphatic carbocycles. The maximum atomic E-state index is 13.1. The second-order valence-electron chi connectivity index (χ2n) is 11.1. The summed E-state index contributed by atoms with van der Waals surface area (Å²) in [6.45, 7) is -1.10. The van der Waals surface area contributed by atoms with E-state index in [4.69, 9.17) is 32.8 Å². The molecular formula is C33H36O16. The standard InChI is InChI=1S/C33H36O16/c1-43-22-6-14(4-5-17(22)35)28(39)20(38)13-46-32-24(44-2)7-15(8-25(32)45-3)21-11-19(37)27-18(36)9-16(10-23(27)48-21)47-33-31(42)30(41)29(40)26(12-34)49-33/h4-11,20,26,28-31,33-36,38-42H,12-13H2,1-3H3/t20-,26-,28+,29-,30+,31-,33-/m1/s1. The Labute approximate surface area is 278 Å². The Kier molecular flexibility index (Phi) is 10.7. The first-order valence-corrected chi connectivity index (χ1v) is 14.8. The number of hydrogen-bond donors (Lipinski definition) is 8. The number of fused-ring (bicyclic) bond motifs is 1. The van der Waals surface area contributed by atoms with Crippen LogP contribution in [0.3, 0.4) is 0 Å². The van der Waals surface area contributed by atoms with E-state index in [1.54, 1.807) is 0 Å². The quantitative estimate of drug-likeness (QED) is 0.101. The molecule has 0 radical (unpaired) electrons. The van der Waals surface area contributed by atoms with Crippen molar-refractivity contribution in [2.75, 3.05) is 34.5 Å². The predicted octanol–water partition coefficient (Wildman–Crippen LogP) is 0.549. The summed E-state index contributed by atoms with van der Waals surface area (Å²) in [4.78, 5) is 13.1. The van der Waals surface area contributed by atoms with Gasteiger partial charge in [0.1, 0.15) is 71.5 Å². The number of ether oxygens (including phenoxy) is 6. The molecule has 16 heteroatoms. The maximum absolute atomic E-state index is 13.1. The summed E-state index contributed by atoms with van der Waals surface area (Å²) in [6.07, 6.45) is -10.7. The average Bonchev–Trinajstić information content (AvgIpc) is 3.09. The largest absolute Gasteiger partial charge is 0.507 e. The Morgan fingerprint density at radius 1 is 0.816 bits per heavy atom. The Hall–Kier alpha value is -4.81. The van der Waals surface area contributed by atoms with Crippen LogP contribution in [0.15, 0.2) is 57.7 Å². The average molecular weight is 689 g/mol. The fraction of sp³-hybridized carbons (Fsp3) is 0.364. The van der Waals surface area contributed by atoms with E-state index in [0.29, 0.717) is 0 Å². The van der Waals surface area contributed by atoms with Crippen molar-refractivity contribution in [3.63, 3.8) is 0 Å². The van der Waals surface area contributed by atoms with E-state index in [2.05, 4.69) is 0 Å². The summed E-state index contributed by atoms with van der Waals surface area (Å²) in [6, 6.07) is 10.5. The first-order valence-electron chi connectivity index (χ1n) is 14.8. The molecule has 0 saturated carbocycles. The van der Waals surface area contributed by atoms with Gasteiger partial charge in [0.2, 0.25) is 12.0 Å². The molecule has 1 aliphatic heterocycles. The number of phenolic OH excluding ortho intramolecular Hbond substituents is 2. The molecule has 0 spiro atoms. The van der Waals surface area contributed by atoms with Gasteiger partial charge < -0.3 is 73.7 Å². The number of phenols is 2. The number of rotatable bonds is 12. The first-order chi connectivity index (χ1) is 23.4. The monoisotopic (exact) mass is 688 g/mol. The van der Waals surface area contributed by atoms with Crippen molar-refractivity contribution in [1.82, 2.24) is 0 Å². The van der Waals surface area contributed by atoms with Crippen molar-refractivity contribution in [3.05, 3.63) is 64.3 Å². The minimum atomic E-state index is -1.73. The van der Waals surface area contributed by atoms with Crippen LogP contribution in [0.25, 0.3) is 22.3 Å². The van der Waals surface area contributed by atoms with Gasteiger partial charge in [0.25, 0.3) is 0 Å².